The number of allylic oxidation sites excluding steroid dienone is 24. The maximum Gasteiger partial charge on any atom is 0.472 e. The zero-order chi connectivity index (χ0) is 74.0. The van der Waals surface area contributed by atoms with Crippen molar-refractivity contribution >= 4 is 19.8 Å². The third kappa shape index (κ3) is 84.8. The number of carbonyl (C=O) groups is 2. The number of ether oxygens (including phenoxy) is 2. The van der Waals surface area contributed by atoms with Crippen LogP contribution in [-0.4, -0.2) is 74.9 Å². The predicted octanol–water partition coefficient (Wildman–Crippen LogP) is 28.8. The summed E-state index contributed by atoms with van der Waals surface area (Å²) in [7, 11) is 1.49. The third-order valence-corrected chi connectivity index (χ3v) is 19.3. The van der Waals surface area contributed by atoms with Crippen molar-refractivity contribution in [3.05, 3.63) is 146 Å². The van der Waals surface area contributed by atoms with Crippen molar-refractivity contribution in [2.45, 2.75) is 380 Å². The number of phosphoric acid groups is 1. The van der Waals surface area contributed by atoms with Gasteiger partial charge < -0.3 is 18.9 Å². The van der Waals surface area contributed by atoms with E-state index in [1.165, 1.54) is 231 Å². The standard InChI is InChI=1S/C92H160NO8P/c1-6-8-10-12-14-16-18-20-22-24-26-28-30-32-34-36-38-40-42-44-45-46-47-49-51-53-55-57-59-61-63-65-67-69-71-73-75-77-79-81-83-85-92(95)101-90(89-100-102(96,97)99-87-86-93(3,4)5)88-98-91(94)84-82-80-78-76-74-72-70-68-66-64-62-60-58-56-54-52-50-48-43-41-39-37-35-33-31-29-27-25-23-21-19-17-15-13-11-9-7-2/h8-11,14-17,20-23,26-29,32-35,38,40,44-45,90H,6-7,12-13,18-19,24-25,30-31,36-37,39,41-43,46-89H2,1-5H3/p+1/b10-8-,11-9-,16-14-,17-15-,22-20-,23-21-,28-26-,29-27-,34-32-,35-33-,40-38-,45-44-. The number of quaternary nitrogens is 1. The van der Waals surface area contributed by atoms with E-state index in [2.05, 4.69) is 160 Å². The van der Waals surface area contributed by atoms with Crippen LogP contribution in [0.5, 0.6) is 0 Å². The fourth-order valence-corrected chi connectivity index (χ4v) is 12.7. The molecule has 586 valence electrons. The zero-order valence-corrected chi connectivity index (χ0v) is 68.0. The lowest BCUT2D eigenvalue weighted by atomic mass is 10.0. The van der Waals surface area contributed by atoms with Gasteiger partial charge >= 0.3 is 19.8 Å². The molecule has 0 aromatic rings. The Balaban J connectivity index is 3.92. The summed E-state index contributed by atoms with van der Waals surface area (Å²) < 4.78 is 34.9. The molecule has 10 heteroatoms. The van der Waals surface area contributed by atoms with Gasteiger partial charge in [-0.05, 0) is 116 Å². The second-order valence-corrected chi connectivity index (χ2v) is 30.9. The van der Waals surface area contributed by atoms with E-state index < -0.39 is 26.5 Å². The van der Waals surface area contributed by atoms with E-state index >= 15 is 0 Å². The first-order chi connectivity index (χ1) is 50.0. The molecule has 0 bridgehead atoms. The summed E-state index contributed by atoms with van der Waals surface area (Å²) in [6.07, 6.45) is 120. The first-order valence-corrected chi connectivity index (χ1v) is 44.1. The molecule has 0 aliphatic rings. The van der Waals surface area contributed by atoms with Crippen molar-refractivity contribution in [2.75, 3.05) is 47.5 Å². The molecule has 2 atom stereocenters. The molecular weight excluding hydrogens is 1280 g/mol. The van der Waals surface area contributed by atoms with Gasteiger partial charge in [0.25, 0.3) is 0 Å². The van der Waals surface area contributed by atoms with Crippen molar-refractivity contribution in [3.63, 3.8) is 0 Å². The van der Waals surface area contributed by atoms with Crippen LogP contribution in [0.3, 0.4) is 0 Å². The number of likely N-dealkylation sites (N-methyl/N-ethyl adjacent to an activating group) is 1. The normalized spacial score (nSPS) is 13.7. The third-order valence-electron chi connectivity index (χ3n) is 18.4. The summed E-state index contributed by atoms with van der Waals surface area (Å²) in [6.45, 7) is 4.25. The van der Waals surface area contributed by atoms with Gasteiger partial charge in [0.05, 0.1) is 27.7 Å². The van der Waals surface area contributed by atoms with Gasteiger partial charge in [-0.3, -0.25) is 18.6 Å². The lowest BCUT2D eigenvalue weighted by Gasteiger charge is -2.24. The molecule has 0 aliphatic carbocycles. The number of nitrogens with zero attached hydrogens (tertiary/aromatic N) is 1. The van der Waals surface area contributed by atoms with Crippen molar-refractivity contribution < 1.29 is 42.1 Å². The highest BCUT2D eigenvalue weighted by atomic mass is 31.2. The fourth-order valence-electron chi connectivity index (χ4n) is 12.0. The molecule has 9 nitrogen and oxygen atoms in total. The number of carbonyl (C=O) groups excluding carboxylic acids is 2. The molecule has 0 aromatic heterocycles. The Morgan fingerprint density at radius 3 is 0.784 bits per heavy atom. The first-order valence-electron chi connectivity index (χ1n) is 42.6. The van der Waals surface area contributed by atoms with Crippen LogP contribution in [0.1, 0.15) is 373 Å². The highest BCUT2D eigenvalue weighted by molar-refractivity contribution is 7.47. The molecule has 0 spiro atoms. The molecule has 0 aromatic carbocycles. The van der Waals surface area contributed by atoms with Gasteiger partial charge in [-0.25, -0.2) is 4.57 Å². The molecule has 0 saturated heterocycles. The van der Waals surface area contributed by atoms with E-state index in [0.29, 0.717) is 17.4 Å². The first kappa shape index (κ1) is 97.9. The van der Waals surface area contributed by atoms with Gasteiger partial charge in [0.15, 0.2) is 6.10 Å². The Morgan fingerprint density at radius 1 is 0.304 bits per heavy atom. The summed E-state index contributed by atoms with van der Waals surface area (Å²) in [6, 6.07) is 0. The molecule has 0 radical (unpaired) electrons. The molecule has 102 heavy (non-hydrogen) atoms. The van der Waals surface area contributed by atoms with E-state index in [1.807, 2.05) is 21.1 Å². The van der Waals surface area contributed by atoms with Crippen LogP contribution in [0.15, 0.2) is 146 Å². The number of esters is 2. The van der Waals surface area contributed by atoms with Gasteiger partial charge in [0, 0.05) is 12.8 Å². The quantitative estimate of drug-likeness (QED) is 0.0211. The SMILES string of the molecule is CC/C=C\C/C=C\C/C=C\C/C=C\C/C=C\C/C=C\C/C=C\CCCCCCCCCCCCCCCCCCCCCC(=O)OC(COC(=O)CCCCCCCCCCCCCCCCCCCCCCC/C=C\C/C=C\C/C=C\C/C=C\C/C=C\CC)COP(=O)(O)OCC[N+](C)(C)C. The average Bonchev–Trinajstić information content (AvgIpc) is 0.916. The highest BCUT2D eigenvalue weighted by Gasteiger charge is 2.27. The summed E-state index contributed by atoms with van der Waals surface area (Å²) >= 11 is 0. The number of rotatable bonds is 78. The molecule has 2 unspecified atom stereocenters. The fraction of sp³-hybridized carbons (Fsp3) is 0.717. The minimum absolute atomic E-state index is 0.0299. The van der Waals surface area contributed by atoms with Gasteiger partial charge in [0.1, 0.15) is 19.8 Å². The Labute approximate surface area is 631 Å². The number of hydrogen-bond acceptors (Lipinski definition) is 7. The minimum Gasteiger partial charge on any atom is -0.462 e. The number of unbranched alkanes of at least 4 members (excludes halogenated alkanes) is 40. The van der Waals surface area contributed by atoms with E-state index in [4.69, 9.17) is 18.5 Å². The van der Waals surface area contributed by atoms with E-state index in [-0.39, 0.29) is 32.0 Å². The van der Waals surface area contributed by atoms with Crippen molar-refractivity contribution in [1.82, 2.24) is 0 Å². The van der Waals surface area contributed by atoms with Gasteiger partial charge in [-0.1, -0.05) is 391 Å². The molecule has 0 rings (SSSR count). The van der Waals surface area contributed by atoms with Crippen molar-refractivity contribution in [3.8, 4) is 0 Å². The molecule has 0 amide bonds. The topological polar surface area (TPSA) is 108 Å². The Kier molecular flexibility index (Phi) is 77.7. The minimum atomic E-state index is -4.40. The van der Waals surface area contributed by atoms with E-state index in [1.54, 1.807) is 0 Å². The molecular formula is C92H161NO8P+. The largest absolute Gasteiger partial charge is 0.472 e. The summed E-state index contributed by atoms with van der Waals surface area (Å²) in [5, 5.41) is 0. The monoisotopic (exact) mass is 1440 g/mol. The van der Waals surface area contributed by atoms with E-state index in [0.717, 1.165) is 109 Å². The smallest absolute Gasteiger partial charge is 0.462 e. The Bertz CT molecular complexity index is 2240. The van der Waals surface area contributed by atoms with Crippen LogP contribution in [-0.2, 0) is 32.7 Å². The summed E-state index contributed by atoms with van der Waals surface area (Å²) in [5.74, 6) is -0.783. The van der Waals surface area contributed by atoms with Gasteiger partial charge in [-0.15, -0.1) is 0 Å². The Hall–Kier alpha value is -4.11. The van der Waals surface area contributed by atoms with Crippen LogP contribution in [0.25, 0.3) is 0 Å². The lowest BCUT2D eigenvalue weighted by Crippen LogP contribution is -2.37. The van der Waals surface area contributed by atoms with Crippen LogP contribution < -0.4 is 0 Å². The maximum absolute atomic E-state index is 12.9. The summed E-state index contributed by atoms with van der Waals surface area (Å²) in [4.78, 5) is 36.0. The van der Waals surface area contributed by atoms with Crippen LogP contribution >= 0.6 is 7.82 Å². The van der Waals surface area contributed by atoms with Gasteiger partial charge in [-0.2, -0.15) is 0 Å². The highest BCUT2D eigenvalue weighted by Crippen LogP contribution is 2.43. The van der Waals surface area contributed by atoms with Crippen molar-refractivity contribution in [1.29, 1.82) is 0 Å². The summed E-state index contributed by atoms with van der Waals surface area (Å²) in [5.41, 5.74) is 0. The molecule has 1 N–H and O–H groups in total. The maximum atomic E-state index is 12.9. The number of hydrogen-bond donors (Lipinski definition) is 1. The van der Waals surface area contributed by atoms with E-state index in [9.17, 15) is 19.0 Å². The van der Waals surface area contributed by atoms with Gasteiger partial charge in [0.2, 0.25) is 0 Å². The number of phosphoric ester groups is 1. The second-order valence-electron chi connectivity index (χ2n) is 29.5. The van der Waals surface area contributed by atoms with Crippen LogP contribution in [0, 0.1) is 0 Å². The molecule has 0 fully saturated rings. The average molecular weight is 1440 g/mol. The van der Waals surface area contributed by atoms with Crippen LogP contribution in [0.4, 0.5) is 0 Å². The molecule has 0 aliphatic heterocycles. The zero-order valence-electron chi connectivity index (χ0n) is 67.1. The lowest BCUT2D eigenvalue weighted by molar-refractivity contribution is -0.870. The van der Waals surface area contributed by atoms with Crippen molar-refractivity contribution in [2.24, 2.45) is 0 Å². The predicted molar refractivity (Wildman–Crippen MR) is 445 cm³/mol. The molecule has 0 saturated carbocycles. The Morgan fingerprint density at radius 2 is 0.529 bits per heavy atom. The molecule has 0 heterocycles. The second kappa shape index (κ2) is 81.0. The van der Waals surface area contributed by atoms with Crippen LogP contribution in [0.2, 0.25) is 0 Å².